The summed E-state index contributed by atoms with van der Waals surface area (Å²) >= 11 is 1.29. The Bertz CT molecular complexity index is 725. The smallest absolute Gasteiger partial charge is 0.264 e. The van der Waals surface area contributed by atoms with Crippen molar-refractivity contribution in [2.24, 2.45) is 0 Å². The number of halogens is 1. The van der Waals surface area contributed by atoms with Gasteiger partial charge in [0.25, 0.3) is 5.91 Å². The summed E-state index contributed by atoms with van der Waals surface area (Å²) in [6.45, 7) is 2.15. The van der Waals surface area contributed by atoms with Gasteiger partial charge in [-0.05, 0) is 43.5 Å². The zero-order chi connectivity index (χ0) is 15.7. The van der Waals surface area contributed by atoms with E-state index < -0.39 is 0 Å². The summed E-state index contributed by atoms with van der Waals surface area (Å²) in [5.41, 5.74) is 1.39. The molecule has 1 aromatic carbocycles. The van der Waals surface area contributed by atoms with Gasteiger partial charge in [-0.15, -0.1) is 11.3 Å². The lowest BCUT2D eigenvalue weighted by Crippen LogP contribution is -2.30. The quantitative estimate of drug-likeness (QED) is 0.800. The molecule has 3 nitrogen and oxygen atoms in total. The van der Waals surface area contributed by atoms with Crippen LogP contribution in [-0.4, -0.2) is 23.1 Å². The normalized spacial score (nSPS) is 17.7. The maximum Gasteiger partial charge on any atom is 0.264 e. The molecule has 1 atom stereocenters. The second-order valence-corrected chi connectivity index (χ2v) is 6.38. The lowest BCUT2D eigenvalue weighted by Gasteiger charge is -2.24. The Labute approximate surface area is 132 Å². The van der Waals surface area contributed by atoms with Crippen molar-refractivity contribution < 1.29 is 14.0 Å². The number of benzene rings is 1. The van der Waals surface area contributed by atoms with E-state index in [9.17, 15) is 14.0 Å². The number of nitrogens with zero attached hydrogens (tertiary/aromatic N) is 1. The van der Waals surface area contributed by atoms with Gasteiger partial charge in [-0.1, -0.05) is 12.1 Å². The number of amides is 1. The van der Waals surface area contributed by atoms with Gasteiger partial charge in [-0.3, -0.25) is 9.59 Å². The first kappa shape index (κ1) is 14.9. The number of carbonyl (C=O) groups is 2. The largest absolute Gasteiger partial charge is 0.331 e. The molecular weight excluding hydrogens is 301 g/mol. The van der Waals surface area contributed by atoms with Gasteiger partial charge in [0.1, 0.15) is 5.82 Å². The molecule has 2 heterocycles. The maximum atomic E-state index is 13.4. The molecule has 1 aliphatic rings. The van der Waals surface area contributed by atoms with Crippen molar-refractivity contribution in [2.75, 3.05) is 6.54 Å². The van der Waals surface area contributed by atoms with Crippen LogP contribution in [-0.2, 0) is 0 Å². The third kappa shape index (κ3) is 2.81. The highest BCUT2D eigenvalue weighted by Crippen LogP contribution is 2.34. The molecule has 1 aliphatic heterocycles. The van der Waals surface area contributed by atoms with Gasteiger partial charge in [-0.25, -0.2) is 4.39 Å². The van der Waals surface area contributed by atoms with Crippen LogP contribution < -0.4 is 0 Å². The Hall–Kier alpha value is -2.01. The van der Waals surface area contributed by atoms with Crippen LogP contribution >= 0.6 is 11.3 Å². The summed E-state index contributed by atoms with van der Waals surface area (Å²) in [4.78, 5) is 26.4. The van der Waals surface area contributed by atoms with Crippen molar-refractivity contribution in [2.45, 2.75) is 25.8 Å². The molecule has 1 saturated heterocycles. The second kappa shape index (κ2) is 6.01. The summed E-state index contributed by atoms with van der Waals surface area (Å²) < 4.78 is 13.4. The first-order valence-electron chi connectivity index (χ1n) is 7.22. The van der Waals surface area contributed by atoms with Crippen LogP contribution in [0.1, 0.15) is 51.4 Å². The topological polar surface area (TPSA) is 37.4 Å². The first-order chi connectivity index (χ1) is 10.6. The van der Waals surface area contributed by atoms with E-state index in [-0.39, 0.29) is 23.5 Å². The zero-order valence-corrected chi connectivity index (χ0v) is 13.0. The molecule has 1 amide bonds. The van der Waals surface area contributed by atoms with Crippen molar-refractivity contribution in [3.63, 3.8) is 0 Å². The van der Waals surface area contributed by atoms with Crippen LogP contribution in [0.15, 0.2) is 35.7 Å². The fourth-order valence-corrected chi connectivity index (χ4v) is 3.75. The molecule has 0 spiro atoms. The van der Waals surface area contributed by atoms with Crippen LogP contribution in [0, 0.1) is 5.82 Å². The van der Waals surface area contributed by atoms with Crippen molar-refractivity contribution in [1.29, 1.82) is 0 Å². The minimum absolute atomic E-state index is 0.0431. The molecule has 22 heavy (non-hydrogen) atoms. The van der Waals surface area contributed by atoms with Crippen LogP contribution in [0.2, 0.25) is 0 Å². The molecule has 0 unspecified atom stereocenters. The standard InChI is InChI=1S/C17H16FNO2S/c1-11(20)13-9-16(22-10-13)17(21)19-7-3-6-15(19)12-4-2-5-14(18)8-12/h2,4-5,8-10,15H,3,6-7H2,1H3/t15-/m1/s1. The van der Waals surface area contributed by atoms with E-state index in [1.165, 1.54) is 30.4 Å². The number of thiophene rings is 1. The summed E-state index contributed by atoms with van der Waals surface area (Å²) in [7, 11) is 0. The number of ketones is 1. The van der Waals surface area contributed by atoms with E-state index in [4.69, 9.17) is 0 Å². The van der Waals surface area contributed by atoms with Gasteiger partial charge in [0.05, 0.1) is 10.9 Å². The molecule has 2 aromatic rings. The molecule has 0 aliphatic carbocycles. The van der Waals surface area contributed by atoms with E-state index in [0.29, 0.717) is 17.0 Å². The van der Waals surface area contributed by atoms with Crippen molar-refractivity contribution in [3.05, 3.63) is 57.5 Å². The molecule has 114 valence electrons. The maximum absolute atomic E-state index is 13.4. The van der Waals surface area contributed by atoms with E-state index in [1.54, 1.807) is 22.4 Å². The van der Waals surface area contributed by atoms with E-state index in [1.807, 2.05) is 6.07 Å². The van der Waals surface area contributed by atoms with Crippen LogP contribution in [0.25, 0.3) is 0 Å². The van der Waals surface area contributed by atoms with E-state index >= 15 is 0 Å². The molecular formula is C17H16FNO2S. The van der Waals surface area contributed by atoms with Crippen LogP contribution in [0.4, 0.5) is 4.39 Å². The molecule has 5 heteroatoms. The molecule has 0 radical (unpaired) electrons. The molecule has 0 N–H and O–H groups in total. The van der Waals surface area contributed by atoms with Crippen molar-refractivity contribution >= 4 is 23.0 Å². The highest BCUT2D eigenvalue weighted by molar-refractivity contribution is 7.12. The predicted molar refractivity (Wildman–Crippen MR) is 83.7 cm³/mol. The summed E-state index contributed by atoms with van der Waals surface area (Å²) in [6, 6.07) is 7.98. The summed E-state index contributed by atoms with van der Waals surface area (Å²) in [6.07, 6.45) is 1.73. The third-order valence-electron chi connectivity index (χ3n) is 3.96. The zero-order valence-electron chi connectivity index (χ0n) is 12.2. The molecule has 0 bridgehead atoms. The Kier molecular flexibility index (Phi) is 4.07. The number of likely N-dealkylation sites (tertiary alicyclic amines) is 1. The minimum atomic E-state index is -0.285. The highest BCUT2D eigenvalue weighted by Gasteiger charge is 2.31. The summed E-state index contributed by atoms with van der Waals surface area (Å²) in [5.74, 6) is -0.408. The van der Waals surface area contributed by atoms with Gasteiger partial charge >= 0.3 is 0 Å². The predicted octanol–water partition coefficient (Wildman–Crippen LogP) is 4.07. The van der Waals surface area contributed by atoms with Crippen LogP contribution in [0.3, 0.4) is 0 Å². The average Bonchev–Trinajstić information content (AvgIpc) is 3.16. The van der Waals surface area contributed by atoms with Crippen molar-refractivity contribution in [1.82, 2.24) is 4.90 Å². The van der Waals surface area contributed by atoms with Gasteiger partial charge < -0.3 is 4.90 Å². The molecule has 1 fully saturated rings. The van der Waals surface area contributed by atoms with Crippen LogP contribution in [0.5, 0.6) is 0 Å². The van der Waals surface area contributed by atoms with E-state index in [2.05, 4.69) is 0 Å². The van der Waals surface area contributed by atoms with Gasteiger partial charge in [0, 0.05) is 17.5 Å². The van der Waals surface area contributed by atoms with Crippen molar-refractivity contribution in [3.8, 4) is 0 Å². The Morgan fingerprint density at radius 1 is 1.32 bits per heavy atom. The number of hydrogen-bond donors (Lipinski definition) is 0. The Balaban J connectivity index is 1.86. The highest BCUT2D eigenvalue weighted by atomic mass is 32.1. The Morgan fingerprint density at radius 2 is 2.14 bits per heavy atom. The van der Waals surface area contributed by atoms with Gasteiger partial charge in [0.15, 0.2) is 5.78 Å². The lowest BCUT2D eigenvalue weighted by atomic mass is 10.0. The number of Topliss-reactive ketones (excluding diaryl/α,β-unsaturated/α-hetero) is 1. The Morgan fingerprint density at radius 3 is 2.82 bits per heavy atom. The number of hydrogen-bond acceptors (Lipinski definition) is 3. The molecule has 1 aromatic heterocycles. The van der Waals surface area contributed by atoms with Gasteiger partial charge in [0.2, 0.25) is 0 Å². The van der Waals surface area contributed by atoms with Gasteiger partial charge in [-0.2, -0.15) is 0 Å². The third-order valence-corrected chi connectivity index (χ3v) is 4.88. The lowest BCUT2D eigenvalue weighted by molar-refractivity contribution is 0.0740. The fourth-order valence-electron chi connectivity index (χ4n) is 2.84. The fraction of sp³-hybridized carbons (Fsp3) is 0.294. The minimum Gasteiger partial charge on any atom is -0.331 e. The number of rotatable bonds is 3. The second-order valence-electron chi connectivity index (χ2n) is 5.47. The number of carbonyl (C=O) groups excluding carboxylic acids is 2. The first-order valence-corrected chi connectivity index (χ1v) is 8.10. The molecule has 0 saturated carbocycles. The average molecular weight is 317 g/mol. The summed E-state index contributed by atoms with van der Waals surface area (Å²) in [5, 5.41) is 1.71. The van der Waals surface area contributed by atoms with E-state index in [0.717, 1.165) is 18.4 Å². The molecule has 3 rings (SSSR count). The monoisotopic (exact) mass is 317 g/mol. The SMILES string of the molecule is CC(=O)c1csc(C(=O)N2CCC[C@@H]2c2cccc(F)c2)c1.